The first-order chi connectivity index (χ1) is 6.45. The predicted octanol–water partition coefficient (Wildman–Crippen LogP) is 3.28. The number of hydrogen-bond donors (Lipinski definition) is 0. The van der Waals surface area contributed by atoms with Gasteiger partial charge in [0.15, 0.2) is 0 Å². The molecule has 0 spiro atoms. The Morgan fingerprint density at radius 2 is 0.929 bits per heavy atom. The molecule has 0 bridgehead atoms. The van der Waals surface area contributed by atoms with E-state index in [9.17, 15) is 0 Å². The molecule has 68 valence electrons. The maximum Gasteiger partial charge on any atom is 0 e. The van der Waals surface area contributed by atoms with Crippen molar-refractivity contribution < 1.29 is 26.2 Å². The summed E-state index contributed by atoms with van der Waals surface area (Å²) in [6.45, 7) is 0. The van der Waals surface area contributed by atoms with Gasteiger partial charge in [-0.1, -0.05) is 36.4 Å². The standard InChI is InChI=1S/C13H11.Zr/c1-3-7-12(8-4-1)11-13-9-5-2-6-10-13;/h1-11H;/q-1;. The van der Waals surface area contributed by atoms with E-state index in [-0.39, 0.29) is 26.2 Å². The molecule has 0 unspecified atom stereocenters. The summed E-state index contributed by atoms with van der Waals surface area (Å²) >= 11 is 0. The van der Waals surface area contributed by atoms with Crippen LogP contribution in [0.1, 0.15) is 11.1 Å². The van der Waals surface area contributed by atoms with E-state index in [1.54, 1.807) is 0 Å². The Labute approximate surface area is 104 Å². The first-order valence-corrected chi connectivity index (χ1v) is 4.40. The van der Waals surface area contributed by atoms with Crippen LogP contribution in [0.15, 0.2) is 60.7 Å². The quantitative estimate of drug-likeness (QED) is 0.725. The van der Waals surface area contributed by atoms with Crippen molar-refractivity contribution >= 4 is 0 Å². The molecule has 2 aromatic rings. The second kappa shape index (κ2) is 5.83. The van der Waals surface area contributed by atoms with Gasteiger partial charge in [-0.15, -0.1) is 41.8 Å². The van der Waals surface area contributed by atoms with Crippen molar-refractivity contribution in [2.75, 3.05) is 0 Å². The first kappa shape index (κ1) is 11.3. The number of benzene rings is 2. The zero-order chi connectivity index (χ0) is 8.93. The van der Waals surface area contributed by atoms with E-state index in [1.165, 1.54) is 11.1 Å². The van der Waals surface area contributed by atoms with Gasteiger partial charge in [0.2, 0.25) is 0 Å². The molecular weight excluding hydrogens is 247 g/mol. The molecule has 14 heavy (non-hydrogen) atoms. The molecule has 0 radical (unpaired) electrons. The third kappa shape index (κ3) is 3.16. The summed E-state index contributed by atoms with van der Waals surface area (Å²) in [7, 11) is 0. The maximum absolute atomic E-state index is 2.17. The van der Waals surface area contributed by atoms with Crippen LogP contribution >= 0.6 is 0 Å². The van der Waals surface area contributed by atoms with Crippen LogP contribution in [0.3, 0.4) is 0 Å². The molecule has 0 N–H and O–H groups in total. The van der Waals surface area contributed by atoms with Crippen molar-refractivity contribution in [1.29, 1.82) is 0 Å². The fourth-order valence-electron chi connectivity index (χ4n) is 1.29. The van der Waals surface area contributed by atoms with Crippen LogP contribution < -0.4 is 0 Å². The average Bonchev–Trinajstić information content (AvgIpc) is 2.21. The van der Waals surface area contributed by atoms with Crippen molar-refractivity contribution in [2.24, 2.45) is 0 Å². The van der Waals surface area contributed by atoms with Gasteiger partial charge in [0.25, 0.3) is 0 Å². The molecule has 0 atom stereocenters. The molecule has 0 nitrogen and oxygen atoms in total. The largest absolute Gasteiger partial charge is 0.126 e. The van der Waals surface area contributed by atoms with E-state index in [0.717, 1.165) is 0 Å². The Bertz CT molecular complexity index is 316. The van der Waals surface area contributed by atoms with E-state index in [4.69, 9.17) is 0 Å². The van der Waals surface area contributed by atoms with Gasteiger partial charge in [-0.2, -0.15) is 0 Å². The Balaban J connectivity index is 0.000000980. The van der Waals surface area contributed by atoms with Gasteiger partial charge < -0.3 is 0 Å². The summed E-state index contributed by atoms with van der Waals surface area (Å²) in [5, 5.41) is 0. The van der Waals surface area contributed by atoms with Crippen molar-refractivity contribution in [3.8, 4) is 0 Å². The van der Waals surface area contributed by atoms with Crippen LogP contribution in [0, 0.1) is 6.42 Å². The summed E-state index contributed by atoms with van der Waals surface area (Å²) in [4.78, 5) is 0. The molecule has 0 fully saturated rings. The molecule has 2 rings (SSSR count). The molecule has 1 heteroatoms. The molecule has 0 aliphatic rings. The predicted molar refractivity (Wildman–Crippen MR) is 55.4 cm³/mol. The van der Waals surface area contributed by atoms with Crippen LogP contribution in [0.5, 0.6) is 0 Å². The van der Waals surface area contributed by atoms with Gasteiger partial charge in [-0.25, -0.2) is 0 Å². The van der Waals surface area contributed by atoms with Crippen LogP contribution in [0.2, 0.25) is 0 Å². The monoisotopic (exact) mass is 257 g/mol. The topological polar surface area (TPSA) is 0 Å². The normalized spacial score (nSPS) is 8.86. The van der Waals surface area contributed by atoms with Crippen LogP contribution in [0.25, 0.3) is 0 Å². The smallest absolute Gasteiger partial charge is 0 e. The van der Waals surface area contributed by atoms with Gasteiger partial charge in [-0.05, 0) is 0 Å². The molecule has 0 aliphatic heterocycles. The minimum atomic E-state index is 0. The van der Waals surface area contributed by atoms with Gasteiger partial charge >= 0.3 is 0 Å². The third-order valence-corrected chi connectivity index (χ3v) is 1.93. The SMILES string of the molecule is [Zr].c1ccc([CH-]c2ccccc2)cc1. The van der Waals surface area contributed by atoms with Gasteiger partial charge in [0, 0.05) is 26.2 Å². The van der Waals surface area contributed by atoms with E-state index < -0.39 is 0 Å². The van der Waals surface area contributed by atoms with Crippen LogP contribution in [0.4, 0.5) is 0 Å². The summed E-state index contributed by atoms with van der Waals surface area (Å²) in [5.41, 5.74) is 2.49. The summed E-state index contributed by atoms with van der Waals surface area (Å²) in [5.74, 6) is 0. The van der Waals surface area contributed by atoms with E-state index in [0.29, 0.717) is 0 Å². The minimum Gasteiger partial charge on any atom is -0.126 e. The van der Waals surface area contributed by atoms with Crippen molar-refractivity contribution in [3.63, 3.8) is 0 Å². The second-order valence-corrected chi connectivity index (χ2v) is 2.97. The van der Waals surface area contributed by atoms with Gasteiger partial charge in [0.05, 0.1) is 0 Å². The molecule has 0 saturated heterocycles. The van der Waals surface area contributed by atoms with E-state index >= 15 is 0 Å². The minimum absolute atomic E-state index is 0. The molecule has 0 saturated carbocycles. The zero-order valence-electron chi connectivity index (χ0n) is 7.85. The van der Waals surface area contributed by atoms with E-state index in [1.807, 2.05) is 12.1 Å². The van der Waals surface area contributed by atoms with Gasteiger partial charge in [0.1, 0.15) is 0 Å². The summed E-state index contributed by atoms with van der Waals surface area (Å²) < 4.78 is 0. The molecule has 0 heterocycles. The van der Waals surface area contributed by atoms with Crippen LogP contribution in [-0.4, -0.2) is 0 Å². The second-order valence-electron chi connectivity index (χ2n) is 2.97. The Morgan fingerprint density at radius 3 is 1.29 bits per heavy atom. The number of rotatable bonds is 2. The summed E-state index contributed by atoms with van der Waals surface area (Å²) in [6.07, 6.45) is 2.17. The first-order valence-electron chi connectivity index (χ1n) is 4.40. The molecular formula is C13H11Zr-. The summed E-state index contributed by atoms with van der Waals surface area (Å²) in [6, 6.07) is 20.7. The average molecular weight is 258 g/mol. The van der Waals surface area contributed by atoms with Crippen LogP contribution in [-0.2, 0) is 26.2 Å². The molecule has 0 amide bonds. The Kier molecular flexibility index (Phi) is 4.69. The van der Waals surface area contributed by atoms with Gasteiger partial charge in [-0.3, -0.25) is 0 Å². The number of hydrogen-bond acceptors (Lipinski definition) is 0. The fourth-order valence-corrected chi connectivity index (χ4v) is 1.29. The van der Waals surface area contributed by atoms with E-state index in [2.05, 4.69) is 55.0 Å². The molecule has 0 aliphatic carbocycles. The molecule has 2 aromatic carbocycles. The Hall–Kier alpha value is -0.807. The Morgan fingerprint density at radius 1 is 0.571 bits per heavy atom. The maximum atomic E-state index is 2.17. The fraction of sp³-hybridized carbons (Fsp3) is 0. The zero-order valence-corrected chi connectivity index (χ0v) is 10.3. The molecule has 0 aromatic heterocycles. The van der Waals surface area contributed by atoms with Crippen molar-refractivity contribution in [1.82, 2.24) is 0 Å². The third-order valence-electron chi connectivity index (χ3n) is 1.93. The van der Waals surface area contributed by atoms with Crippen molar-refractivity contribution in [2.45, 2.75) is 0 Å². The van der Waals surface area contributed by atoms with Crippen molar-refractivity contribution in [3.05, 3.63) is 78.2 Å².